The zero-order chi connectivity index (χ0) is 60.7. The van der Waals surface area contributed by atoms with E-state index in [1.165, 1.54) is 58.4 Å². The molecule has 0 unspecified atom stereocenters. The fourth-order valence-corrected chi connectivity index (χ4v) is 10.3. The topological polar surface area (TPSA) is 70.0 Å². The number of fused-ring (bicyclic) bond motifs is 3. The van der Waals surface area contributed by atoms with Crippen molar-refractivity contribution in [2.45, 2.75) is 165 Å². The van der Waals surface area contributed by atoms with Gasteiger partial charge in [0.15, 0.2) is 0 Å². The molecule has 0 saturated heterocycles. The Balaban J connectivity index is 0.000000209. The number of pyridine rings is 1. The van der Waals surface area contributed by atoms with Crippen molar-refractivity contribution in [3.63, 3.8) is 0 Å². The molecule has 438 valence electrons. The lowest BCUT2D eigenvalue weighted by Crippen LogP contribution is -2.17. The van der Waals surface area contributed by atoms with Crippen LogP contribution < -0.4 is 9.47 Å². The lowest BCUT2D eigenvalue weighted by atomic mass is 10.0. The smallest absolute Gasteiger partial charge is 0.406 e. The van der Waals surface area contributed by atoms with E-state index in [0.29, 0.717) is 46.4 Å². The fourth-order valence-electron chi connectivity index (χ4n) is 7.19. The molecule has 0 radical (unpaired) electrons. The third-order valence-corrected chi connectivity index (χ3v) is 15.8. The molecule has 0 aliphatic rings. The van der Waals surface area contributed by atoms with Crippen LogP contribution in [0.4, 0.5) is 39.5 Å². The summed E-state index contributed by atoms with van der Waals surface area (Å²) in [6, 6.07) is 33.1. The monoisotopic (exact) mass is 1180 g/mol. The Morgan fingerprint density at radius 3 is 1.09 bits per heavy atom. The van der Waals surface area contributed by atoms with Gasteiger partial charge in [-0.2, -0.15) is 13.2 Å². The minimum atomic E-state index is -4.62. The molecule has 0 saturated carbocycles. The van der Waals surface area contributed by atoms with Gasteiger partial charge in [-0.1, -0.05) is 132 Å². The van der Waals surface area contributed by atoms with Gasteiger partial charge in [0, 0.05) is 29.6 Å². The molecule has 81 heavy (non-hydrogen) atoms. The van der Waals surface area contributed by atoms with Gasteiger partial charge in [0.05, 0.1) is 51.2 Å². The number of hydrogen-bond acceptors (Lipinski definition) is 9. The summed E-state index contributed by atoms with van der Waals surface area (Å²) in [7, 11) is 0. The number of para-hydroxylation sites is 1. The fraction of sp³-hybridized carbons (Fsp3) is 0.397. The molecule has 9 aromatic rings. The number of hydrogen-bond donors (Lipinski definition) is 0. The van der Waals surface area contributed by atoms with E-state index in [4.69, 9.17) is 0 Å². The first-order valence-electron chi connectivity index (χ1n) is 26.5. The highest BCUT2D eigenvalue weighted by molar-refractivity contribution is 7.19. The quantitative estimate of drug-likeness (QED) is 0.141. The predicted octanol–water partition coefficient (Wildman–Crippen LogP) is 22.1. The van der Waals surface area contributed by atoms with Crippen LogP contribution in [0.1, 0.15) is 178 Å². The first-order valence-corrected chi connectivity index (χ1v) is 28.9. The number of thiazole rings is 3. The van der Waals surface area contributed by atoms with E-state index in [1.807, 2.05) is 70.3 Å². The molecular formula is C63H73F9N4O2S3. The first-order chi connectivity index (χ1) is 37.6. The molecule has 0 fully saturated rings. The van der Waals surface area contributed by atoms with Gasteiger partial charge in [-0.15, -0.1) is 60.4 Å². The predicted molar refractivity (Wildman–Crippen MR) is 318 cm³/mol. The summed E-state index contributed by atoms with van der Waals surface area (Å²) >= 11 is 5.41. The number of rotatable bonds is 8. The second kappa shape index (κ2) is 29.7. The van der Waals surface area contributed by atoms with Crippen LogP contribution in [0.3, 0.4) is 0 Å². The zero-order valence-electron chi connectivity index (χ0n) is 48.7. The Labute approximate surface area is 482 Å². The van der Waals surface area contributed by atoms with Gasteiger partial charge >= 0.3 is 18.9 Å². The van der Waals surface area contributed by atoms with Crippen LogP contribution >= 0.6 is 34.0 Å². The summed E-state index contributed by atoms with van der Waals surface area (Å²) in [5.41, 5.74) is 9.01. The largest absolute Gasteiger partial charge is 0.573 e. The van der Waals surface area contributed by atoms with Crippen molar-refractivity contribution in [2.24, 2.45) is 0 Å². The highest BCUT2D eigenvalue weighted by Crippen LogP contribution is 2.33. The Hall–Kier alpha value is -6.11. The lowest BCUT2D eigenvalue weighted by molar-refractivity contribution is -0.275. The Bertz CT molecular complexity index is 3190. The van der Waals surface area contributed by atoms with Gasteiger partial charge in [0.2, 0.25) is 0 Å². The van der Waals surface area contributed by atoms with Crippen LogP contribution in [-0.4, -0.2) is 32.7 Å². The van der Waals surface area contributed by atoms with Gasteiger partial charge in [-0.05, 0) is 139 Å². The van der Waals surface area contributed by atoms with Crippen LogP contribution in [0.25, 0.3) is 30.6 Å². The molecule has 0 atom stereocenters. The van der Waals surface area contributed by atoms with E-state index < -0.39 is 24.5 Å². The Morgan fingerprint density at radius 1 is 0.395 bits per heavy atom. The second-order valence-electron chi connectivity index (χ2n) is 21.1. The molecule has 0 bridgehead atoms. The van der Waals surface area contributed by atoms with Gasteiger partial charge in [0.25, 0.3) is 0 Å². The number of aryl methyl sites for hydroxylation is 4. The molecule has 0 aliphatic carbocycles. The molecule has 4 aromatic heterocycles. The number of aromatic nitrogens is 4. The van der Waals surface area contributed by atoms with E-state index >= 15 is 0 Å². The number of nitrogens with zero attached hydrogens (tertiary/aromatic N) is 4. The van der Waals surface area contributed by atoms with E-state index in [9.17, 15) is 39.5 Å². The van der Waals surface area contributed by atoms with E-state index in [0.717, 1.165) is 39.9 Å². The van der Waals surface area contributed by atoms with Crippen molar-refractivity contribution in [3.8, 4) is 11.5 Å². The molecule has 9 rings (SSSR count). The highest BCUT2D eigenvalue weighted by Gasteiger charge is 2.33. The van der Waals surface area contributed by atoms with Crippen molar-refractivity contribution in [2.75, 3.05) is 0 Å². The molecule has 0 N–H and O–H groups in total. The van der Waals surface area contributed by atoms with Crippen molar-refractivity contribution < 1.29 is 49.0 Å². The minimum Gasteiger partial charge on any atom is -0.406 e. The number of alkyl halides is 9. The first kappa shape index (κ1) is 67.4. The summed E-state index contributed by atoms with van der Waals surface area (Å²) in [4.78, 5) is 17.4. The third-order valence-electron chi connectivity index (χ3n) is 11.8. The number of halogens is 9. The maximum atomic E-state index is 12.1. The van der Waals surface area contributed by atoms with Crippen LogP contribution in [0.15, 0.2) is 115 Å². The summed E-state index contributed by atoms with van der Waals surface area (Å²) in [6.45, 7) is 32.3. The maximum Gasteiger partial charge on any atom is 0.573 e. The van der Waals surface area contributed by atoms with Crippen LogP contribution in [0.2, 0.25) is 0 Å². The molecule has 0 amide bonds. The number of benzene rings is 5. The van der Waals surface area contributed by atoms with Crippen LogP contribution in [-0.2, 0) is 6.18 Å². The zero-order valence-corrected chi connectivity index (χ0v) is 51.1. The Morgan fingerprint density at radius 2 is 0.778 bits per heavy atom. The summed E-state index contributed by atoms with van der Waals surface area (Å²) in [5, 5.41) is 3.71. The molecular weight excluding hydrogens is 1110 g/mol. The van der Waals surface area contributed by atoms with Crippen LogP contribution in [0, 0.1) is 27.7 Å². The summed E-state index contributed by atoms with van der Waals surface area (Å²) in [5.74, 6) is 2.10. The standard InChI is InChI=1S/2C11H13F3O.2C11H13NS.C10H11NS.C9H10F3N/c2*1-7(2)9-4-5-10(8(3)6-9)15-11(12,13)14;2*1-7(2)11-12-9-5-4-8(3)6-10(9)13-11;1-7(2)10-11-8-5-3-4-6-9(8)12-10;1-6(2)8-4-3-7(5-13-8)9(10,11)12/h2*4-7H,1-3H3;2*4-7H,1-3H3;3-7H,1-2H3;3-6H,1-2H3. The van der Waals surface area contributed by atoms with Gasteiger partial charge < -0.3 is 9.47 Å². The normalized spacial score (nSPS) is 11.7. The van der Waals surface area contributed by atoms with Gasteiger partial charge in [-0.25, -0.2) is 15.0 Å². The van der Waals surface area contributed by atoms with Gasteiger partial charge in [-0.3, -0.25) is 4.98 Å². The molecule has 18 heteroatoms. The third kappa shape index (κ3) is 22.3. The van der Waals surface area contributed by atoms with Crippen molar-refractivity contribution in [3.05, 3.63) is 175 Å². The summed E-state index contributed by atoms with van der Waals surface area (Å²) in [6.07, 6.45) is -12.7. The van der Waals surface area contributed by atoms with Gasteiger partial charge in [0.1, 0.15) is 11.5 Å². The molecule has 0 spiro atoms. The average Bonchev–Trinajstić information content (AvgIpc) is 4.15. The molecule has 6 nitrogen and oxygen atoms in total. The second-order valence-corrected chi connectivity index (χ2v) is 24.3. The summed E-state index contributed by atoms with van der Waals surface area (Å²) < 4.78 is 120. The SMILES string of the molecule is CC(C)c1ccc(C(F)(F)F)cn1.CC(C)c1nc2ccccc2s1.Cc1cc(C(C)C)ccc1OC(F)(F)F.Cc1cc(C(C)C)ccc1OC(F)(F)F.Cc1ccc2nc(C(C)C)sc2c1.Cc1ccc2nc(C(C)C)sc2c1. The molecule has 4 heterocycles. The van der Waals surface area contributed by atoms with Crippen molar-refractivity contribution in [1.82, 2.24) is 19.9 Å². The lowest BCUT2D eigenvalue weighted by Gasteiger charge is -2.13. The van der Waals surface area contributed by atoms with Crippen molar-refractivity contribution in [1.29, 1.82) is 0 Å². The minimum absolute atomic E-state index is 0.132. The van der Waals surface area contributed by atoms with E-state index in [1.54, 1.807) is 49.4 Å². The molecule has 5 aromatic carbocycles. The van der Waals surface area contributed by atoms with Crippen LogP contribution in [0.5, 0.6) is 11.5 Å². The van der Waals surface area contributed by atoms with E-state index in [-0.39, 0.29) is 17.4 Å². The van der Waals surface area contributed by atoms with Crippen molar-refractivity contribution >= 4 is 64.7 Å². The maximum absolute atomic E-state index is 12.1. The highest BCUT2D eigenvalue weighted by atomic mass is 32.1. The molecule has 0 aliphatic heterocycles. The number of ether oxygens (including phenoxy) is 2. The van der Waals surface area contributed by atoms with E-state index in [2.05, 4.69) is 139 Å². The Kier molecular flexibility index (Phi) is 24.7. The average molecular weight is 1190 g/mol.